The van der Waals surface area contributed by atoms with Crippen LogP contribution in [0.4, 0.5) is 5.69 Å². The highest BCUT2D eigenvalue weighted by molar-refractivity contribution is 6.31. The van der Waals surface area contributed by atoms with Gasteiger partial charge in [-0.1, -0.05) is 72.3 Å². The minimum atomic E-state index is 0.223. The quantitative estimate of drug-likeness (QED) is 0.475. The molecule has 1 N–H and O–H groups in total. The fraction of sp³-hybridized carbons (Fsp3) is 0.231. The molecule has 0 aromatic heterocycles. The van der Waals surface area contributed by atoms with E-state index in [1.807, 2.05) is 18.2 Å². The number of ether oxygens (including phenoxy) is 1. The number of hydrogen-bond donors (Lipinski definition) is 1. The van der Waals surface area contributed by atoms with Crippen LogP contribution in [0.15, 0.2) is 84.9 Å². The number of allylic oxidation sites excluding steroid dienone is 2. The van der Waals surface area contributed by atoms with Crippen molar-refractivity contribution in [2.24, 2.45) is 5.92 Å². The zero-order valence-electron chi connectivity index (χ0n) is 16.2. The lowest BCUT2D eigenvalue weighted by atomic mass is 9.77. The predicted molar refractivity (Wildman–Crippen MR) is 120 cm³/mol. The summed E-state index contributed by atoms with van der Waals surface area (Å²) in [6.45, 7) is 0.683. The maximum atomic E-state index is 6.53. The van der Waals surface area contributed by atoms with Gasteiger partial charge in [0.2, 0.25) is 0 Å². The first-order valence-electron chi connectivity index (χ1n) is 10.3. The summed E-state index contributed by atoms with van der Waals surface area (Å²) in [5.41, 5.74) is 4.98. The van der Waals surface area contributed by atoms with Crippen LogP contribution in [0.1, 0.15) is 35.1 Å². The lowest BCUT2D eigenvalue weighted by Crippen LogP contribution is -2.29. The van der Waals surface area contributed by atoms with Crippen LogP contribution in [-0.4, -0.2) is 6.61 Å². The highest BCUT2D eigenvalue weighted by Crippen LogP contribution is 2.51. The van der Waals surface area contributed by atoms with Crippen molar-refractivity contribution in [3.8, 4) is 5.75 Å². The molecule has 0 fully saturated rings. The van der Waals surface area contributed by atoms with Crippen molar-refractivity contribution < 1.29 is 4.74 Å². The Kier molecular flexibility index (Phi) is 5.03. The number of benzene rings is 3. The minimum Gasteiger partial charge on any atom is -0.493 e. The second-order valence-corrected chi connectivity index (χ2v) is 8.24. The third-order valence-electron chi connectivity index (χ3n) is 6.08. The number of anilines is 1. The average Bonchev–Trinajstić information content (AvgIpc) is 3.25. The summed E-state index contributed by atoms with van der Waals surface area (Å²) in [5, 5.41) is 4.59. The number of halogens is 1. The van der Waals surface area contributed by atoms with Crippen molar-refractivity contribution >= 4 is 17.3 Å². The smallest absolute Gasteiger partial charge is 0.119 e. The van der Waals surface area contributed by atoms with Gasteiger partial charge in [0.1, 0.15) is 5.75 Å². The molecule has 0 amide bonds. The summed E-state index contributed by atoms with van der Waals surface area (Å²) in [7, 11) is 0. The van der Waals surface area contributed by atoms with Crippen molar-refractivity contribution in [2.75, 3.05) is 11.9 Å². The first-order chi connectivity index (χ1) is 14.3. The molecule has 3 atom stereocenters. The van der Waals surface area contributed by atoms with Gasteiger partial charge >= 0.3 is 0 Å². The van der Waals surface area contributed by atoms with Crippen LogP contribution in [0.5, 0.6) is 5.75 Å². The normalized spacial score (nSPS) is 21.9. The molecule has 5 rings (SSSR count). The largest absolute Gasteiger partial charge is 0.493 e. The standard InChI is InChI=1S/C26H24ClNO/c27-24-12-5-4-9-22(24)26-21-11-6-10-20(21)23-17-19(13-14-25(23)28-26)29-16-15-18-7-2-1-3-8-18/h1-10,12-14,17,20-21,26,28H,11,15-16H2. The SMILES string of the molecule is Clc1ccccc1C1Nc2ccc(OCCc3ccccc3)cc2C2C=CCC21. The van der Waals surface area contributed by atoms with Crippen LogP contribution >= 0.6 is 11.6 Å². The van der Waals surface area contributed by atoms with E-state index in [-0.39, 0.29) is 6.04 Å². The summed E-state index contributed by atoms with van der Waals surface area (Å²) in [6, 6.07) is 25.3. The Bertz CT molecular complexity index is 1030. The van der Waals surface area contributed by atoms with Crippen molar-refractivity contribution in [3.63, 3.8) is 0 Å². The Hall–Kier alpha value is -2.71. The van der Waals surface area contributed by atoms with Gasteiger partial charge in [0, 0.05) is 23.0 Å². The lowest BCUT2D eigenvalue weighted by molar-refractivity contribution is 0.320. The van der Waals surface area contributed by atoms with Gasteiger partial charge in [0.05, 0.1) is 12.6 Å². The second-order valence-electron chi connectivity index (χ2n) is 7.83. The van der Waals surface area contributed by atoms with E-state index in [0.717, 1.165) is 23.6 Å². The molecule has 0 bridgehead atoms. The topological polar surface area (TPSA) is 21.3 Å². The van der Waals surface area contributed by atoms with E-state index in [0.29, 0.717) is 18.4 Å². The van der Waals surface area contributed by atoms with Gasteiger partial charge < -0.3 is 10.1 Å². The van der Waals surface area contributed by atoms with Gasteiger partial charge in [0.25, 0.3) is 0 Å². The molecule has 1 aliphatic heterocycles. The second kappa shape index (κ2) is 7.96. The van der Waals surface area contributed by atoms with E-state index >= 15 is 0 Å². The maximum Gasteiger partial charge on any atom is 0.119 e. The summed E-state index contributed by atoms with van der Waals surface area (Å²) in [6.07, 6.45) is 6.63. The Labute approximate surface area is 177 Å². The predicted octanol–water partition coefficient (Wildman–Crippen LogP) is 6.79. The number of nitrogens with one attached hydrogen (secondary N) is 1. The summed E-state index contributed by atoms with van der Waals surface area (Å²) in [4.78, 5) is 0. The summed E-state index contributed by atoms with van der Waals surface area (Å²) in [5.74, 6) is 1.81. The highest BCUT2D eigenvalue weighted by Gasteiger charge is 2.38. The Balaban J connectivity index is 1.36. The van der Waals surface area contributed by atoms with Crippen LogP contribution in [0.25, 0.3) is 0 Å². The van der Waals surface area contributed by atoms with Crippen molar-refractivity contribution in [2.45, 2.75) is 24.8 Å². The van der Waals surface area contributed by atoms with E-state index in [1.165, 1.54) is 22.4 Å². The van der Waals surface area contributed by atoms with Gasteiger partial charge in [0.15, 0.2) is 0 Å². The fourth-order valence-electron chi connectivity index (χ4n) is 4.63. The molecule has 146 valence electrons. The summed E-state index contributed by atoms with van der Waals surface area (Å²) >= 11 is 6.53. The van der Waals surface area contributed by atoms with E-state index in [4.69, 9.17) is 16.3 Å². The maximum absolute atomic E-state index is 6.53. The van der Waals surface area contributed by atoms with Gasteiger partial charge in [-0.15, -0.1) is 0 Å². The molecule has 29 heavy (non-hydrogen) atoms. The Morgan fingerprint density at radius 3 is 2.62 bits per heavy atom. The molecule has 0 saturated heterocycles. The van der Waals surface area contributed by atoms with Crippen molar-refractivity contribution in [3.05, 3.63) is 107 Å². The Morgan fingerprint density at radius 1 is 0.931 bits per heavy atom. The van der Waals surface area contributed by atoms with Gasteiger partial charge in [-0.05, 0) is 53.3 Å². The van der Waals surface area contributed by atoms with Crippen LogP contribution in [-0.2, 0) is 6.42 Å². The number of hydrogen-bond acceptors (Lipinski definition) is 2. The first kappa shape index (κ1) is 18.3. The molecule has 2 nitrogen and oxygen atoms in total. The number of rotatable bonds is 5. The molecule has 3 unspecified atom stereocenters. The third kappa shape index (κ3) is 3.65. The van der Waals surface area contributed by atoms with Crippen LogP contribution in [0.3, 0.4) is 0 Å². The van der Waals surface area contributed by atoms with E-state index < -0.39 is 0 Å². The number of fused-ring (bicyclic) bond motifs is 3. The monoisotopic (exact) mass is 401 g/mol. The summed E-state index contributed by atoms with van der Waals surface area (Å²) < 4.78 is 6.08. The van der Waals surface area contributed by atoms with Crippen LogP contribution in [0, 0.1) is 5.92 Å². The average molecular weight is 402 g/mol. The first-order valence-corrected chi connectivity index (χ1v) is 10.7. The molecule has 0 spiro atoms. The molecule has 3 heteroatoms. The molecule has 3 aromatic rings. The zero-order chi connectivity index (χ0) is 19.6. The van der Waals surface area contributed by atoms with Gasteiger partial charge in [-0.2, -0.15) is 0 Å². The Morgan fingerprint density at radius 2 is 1.76 bits per heavy atom. The van der Waals surface area contributed by atoms with E-state index in [2.05, 4.69) is 72.1 Å². The molecule has 0 radical (unpaired) electrons. The van der Waals surface area contributed by atoms with E-state index in [1.54, 1.807) is 0 Å². The van der Waals surface area contributed by atoms with Gasteiger partial charge in [-0.25, -0.2) is 0 Å². The van der Waals surface area contributed by atoms with Gasteiger partial charge in [-0.3, -0.25) is 0 Å². The molecule has 0 saturated carbocycles. The highest BCUT2D eigenvalue weighted by atomic mass is 35.5. The minimum absolute atomic E-state index is 0.223. The zero-order valence-corrected chi connectivity index (χ0v) is 17.0. The fourth-order valence-corrected chi connectivity index (χ4v) is 4.88. The molecular formula is C26H24ClNO. The molecular weight excluding hydrogens is 378 g/mol. The van der Waals surface area contributed by atoms with Crippen LogP contribution in [0.2, 0.25) is 5.02 Å². The molecule has 1 heterocycles. The van der Waals surface area contributed by atoms with Crippen LogP contribution < -0.4 is 10.1 Å². The molecule has 1 aliphatic carbocycles. The lowest BCUT2D eigenvalue weighted by Gasteiger charge is -2.38. The molecule has 3 aromatic carbocycles. The van der Waals surface area contributed by atoms with E-state index in [9.17, 15) is 0 Å². The molecule has 2 aliphatic rings. The van der Waals surface area contributed by atoms with Crippen molar-refractivity contribution in [1.29, 1.82) is 0 Å². The van der Waals surface area contributed by atoms with Crippen molar-refractivity contribution in [1.82, 2.24) is 0 Å². The third-order valence-corrected chi connectivity index (χ3v) is 6.42.